The SMILES string of the molecule is NCCC1CCCc2ccc(Br)cc21. The fourth-order valence-electron chi connectivity index (χ4n) is 2.37. The van der Waals surface area contributed by atoms with Crippen LogP contribution in [0.1, 0.15) is 36.3 Å². The topological polar surface area (TPSA) is 26.0 Å². The molecular formula is C12H16BrN. The molecule has 0 saturated heterocycles. The van der Waals surface area contributed by atoms with E-state index < -0.39 is 0 Å². The Kier molecular flexibility index (Phi) is 3.24. The standard InChI is InChI=1S/C12H16BrN/c13-11-5-4-9-2-1-3-10(6-7-14)12(9)8-11/h4-5,8,10H,1-3,6-7,14H2. The molecule has 1 nitrogen and oxygen atoms in total. The Balaban J connectivity index is 2.32. The molecule has 0 spiro atoms. The summed E-state index contributed by atoms with van der Waals surface area (Å²) in [5.41, 5.74) is 8.69. The van der Waals surface area contributed by atoms with E-state index in [0.29, 0.717) is 5.92 Å². The lowest BCUT2D eigenvalue weighted by atomic mass is 9.81. The molecule has 0 bridgehead atoms. The van der Waals surface area contributed by atoms with Crippen molar-refractivity contribution in [2.45, 2.75) is 31.6 Å². The van der Waals surface area contributed by atoms with Crippen LogP contribution in [0.25, 0.3) is 0 Å². The van der Waals surface area contributed by atoms with E-state index in [-0.39, 0.29) is 0 Å². The van der Waals surface area contributed by atoms with Crippen LogP contribution in [0.5, 0.6) is 0 Å². The maximum absolute atomic E-state index is 5.64. The molecule has 2 N–H and O–H groups in total. The first-order valence-electron chi connectivity index (χ1n) is 5.29. The third-order valence-corrected chi connectivity index (χ3v) is 3.55. The molecule has 1 unspecified atom stereocenters. The van der Waals surface area contributed by atoms with Crippen LogP contribution in [0, 0.1) is 0 Å². The van der Waals surface area contributed by atoms with E-state index in [4.69, 9.17) is 5.73 Å². The zero-order valence-corrected chi connectivity index (χ0v) is 9.89. The fraction of sp³-hybridized carbons (Fsp3) is 0.500. The summed E-state index contributed by atoms with van der Waals surface area (Å²) in [7, 11) is 0. The number of aryl methyl sites for hydroxylation is 1. The Morgan fingerprint density at radius 1 is 1.43 bits per heavy atom. The monoisotopic (exact) mass is 253 g/mol. The van der Waals surface area contributed by atoms with Gasteiger partial charge < -0.3 is 5.73 Å². The predicted molar refractivity (Wildman–Crippen MR) is 63.5 cm³/mol. The van der Waals surface area contributed by atoms with Gasteiger partial charge in [0.05, 0.1) is 0 Å². The van der Waals surface area contributed by atoms with Crippen LogP contribution < -0.4 is 5.73 Å². The molecule has 1 aliphatic carbocycles. The highest BCUT2D eigenvalue weighted by Crippen LogP contribution is 2.35. The average Bonchev–Trinajstić information content (AvgIpc) is 2.19. The van der Waals surface area contributed by atoms with E-state index in [1.165, 1.54) is 34.9 Å². The zero-order valence-electron chi connectivity index (χ0n) is 8.30. The molecule has 2 rings (SSSR count). The summed E-state index contributed by atoms with van der Waals surface area (Å²) in [4.78, 5) is 0. The van der Waals surface area contributed by atoms with Gasteiger partial charge in [-0.15, -0.1) is 0 Å². The molecule has 0 radical (unpaired) electrons. The average molecular weight is 254 g/mol. The highest BCUT2D eigenvalue weighted by molar-refractivity contribution is 9.10. The quantitative estimate of drug-likeness (QED) is 0.861. The molecule has 0 amide bonds. The van der Waals surface area contributed by atoms with Crippen LogP contribution in [-0.4, -0.2) is 6.54 Å². The van der Waals surface area contributed by atoms with Crippen molar-refractivity contribution in [3.05, 3.63) is 33.8 Å². The van der Waals surface area contributed by atoms with E-state index in [1.807, 2.05) is 0 Å². The molecule has 0 heterocycles. The molecular weight excluding hydrogens is 238 g/mol. The molecule has 2 heteroatoms. The van der Waals surface area contributed by atoms with Gasteiger partial charge >= 0.3 is 0 Å². The van der Waals surface area contributed by atoms with E-state index in [9.17, 15) is 0 Å². The third kappa shape index (κ3) is 2.01. The number of halogens is 1. The number of rotatable bonds is 2. The van der Waals surface area contributed by atoms with Gasteiger partial charge in [0.1, 0.15) is 0 Å². The lowest BCUT2D eigenvalue weighted by molar-refractivity contribution is 0.526. The van der Waals surface area contributed by atoms with Crippen molar-refractivity contribution in [2.75, 3.05) is 6.54 Å². The molecule has 0 fully saturated rings. The highest BCUT2D eigenvalue weighted by Gasteiger charge is 2.19. The Morgan fingerprint density at radius 3 is 3.07 bits per heavy atom. The van der Waals surface area contributed by atoms with Crippen molar-refractivity contribution in [1.29, 1.82) is 0 Å². The van der Waals surface area contributed by atoms with Gasteiger partial charge in [-0.1, -0.05) is 22.0 Å². The van der Waals surface area contributed by atoms with E-state index in [2.05, 4.69) is 34.1 Å². The minimum absolute atomic E-state index is 0.696. The summed E-state index contributed by atoms with van der Waals surface area (Å²) in [5.74, 6) is 0.696. The Labute approximate surface area is 93.8 Å². The molecule has 1 aromatic rings. The Morgan fingerprint density at radius 2 is 2.29 bits per heavy atom. The van der Waals surface area contributed by atoms with Crippen LogP contribution in [0.3, 0.4) is 0 Å². The van der Waals surface area contributed by atoms with Crippen LogP contribution in [0.4, 0.5) is 0 Å². The summed E-state index contributed by atoms with van der Waals surface area (Å²) in [6.07, 6.45) is 4.99. The van der Waals surface area contributed by atoms with Crippen molar-refractivity contribution in [3.8, 4) is 0 Å². The molecule has 1 atom stereocenters. The van der Waals surface area contributed by atoms with Gasteiger partial charge in [0.2, 0.25) is 0 Å². The summed E-state index contributed by atoms with van der Waals surface area (Å²) in [5, 5.41) is 0. The molecule has 1 aliphatic rings. The van der Waals surface area contributed by atoms with Crippen molar-refractivity contribution in [2.24, 2.45) is 5.73 Å². The number of fused-ring (bicyclic) bond motifs is 1. The number of hydrogen-bond acceptors (Lipinski definition) is 1. The summed E-state index contributed by atoms with van der Waals surface area (Å²) < 4.78 is 1.19. The van der Waals surface area contributed by atoms with E-state index >= 15 is 0 Å². The fourth-order valence-corrected chi connectivity index (χ4v) is 2.75. The van der Waals surface area contributed by atoms with Gasteiger partial charge in [-0.25, -0.2) is 0 Å². The van der Waals surface area contributed by atoms with Gasteiger partial charge in [0, 0.05) is 4.47 Å². The first-order chi connectivity index (χ1) is 6.81. The number of hydrogen-bond donors (Lipinski definition) is 1. The molecule has 0 aromatic heterocycles. The lowest BCUT2D eigenvalue weighted by Gasteiger charge is -2.25. The molecule has 0 aliphatic heterocycles. The van der Waals surface area contributed by atoms with Crippen molar-refractivity contribution in [1.82, 2.24) is 0 Å². The molecule has 14 heavy (non-hydrogen) atoms. The van der Waals surface area contributed by atoms with Crippen molar-refractivity contribution >= 4 is 15.9 Å². The Hall–Kier alpha value is -0.340. The normalized spacial score (nSPS) is 20.6. The van der Waals surface area contributed by atoms with Gasteiger partial charge in [-0.05, 0) is 61.4 Å². The maximum Gasteiger partial charge on any atom is 0.0178 e. The van der Waals surface area contributed by atoms with Gasteiger partial charge in [-0.3, -0.25) is 0 Å². The smallest absolute Gasteiger partial charge is 0.0178 e. The first-order valence-corrected chi connectivity index (χ1v) is 6.09. The van der Waals surface area contributed by atoms with Crippen molar-refractivity contribution in [3.63, 3.8) is 0 Å². The van der Waals surface area contributed by atoms with E-state index in [0.717, 1.165) is 13.0 Å². The van der Waals surface area contributed by atoms with Crippen molar-refractivity contribution < 1.29 is 0 Å². The first kappa shape index (κ1) is 10.2. The minimum Gasteiger partial charge on any atom is -0.330 e. The van der Waals surface area contributed by atoms with Crippen LogP contribution in [-0.2, 0) is 6.42 Å². The van der Waals surface area contributed by atoms with E-state index in [1.54, 1.807) is 0 Å². The van der Waals surface area contributed by atoms with Crippen LogP contribution >= 0.6 is 15.9 Å². The minimum atomic E-state index is 0.696. The molecule has 76 valence electrons. The summed E-state index contributed by atoms with van der Waals surface area (Å²) >= 11 is 3.54. The van der Waals surface area contributed by atoms with Gasteiger partial charge in [0.15, 0.2) is 0 Å². The second-order valence-corrected chi connectivity index (χ2v) is 4.93. The van der Waals surface area contributed by atoms with Crippen LogP contribution in [0.15, 0.2) is 22.7 Å². The number of nitrogens with two attached hydrogens (primary N) is 1. The highest BCUT2D eigenvalue weighted by atomic mass is 79.9. The summed E-state index contributed by atoms with van der Waals surface area (Å²) in [6.45, 7) is 0.802. The van der Waals surface area contributed by atoms with Crippen LogP contribution in [0.2, 0.25) is 0 Å². The second-order valence-electron chi connectivity index (χ2n) is 4.01. The van der Waals surface area contributed by atoms with Gasteiger partial charge in [-0.2, -0.15) is 0 Å². The number of benzene rings is 1. The zero-order chi connectivity index (χ0) is 9.97. The molecule has 0 saturated carbocycles. The predicted octanol–water partition coefficient (Wildman–Crippen LogP) is 3.22. The second kappa shape index (κ2) is 4.45. The largest absolute Gasteiger partial charge is 0.330 e. The Bertz CT molecular complexity index is 322. The molecule has 1 aromatic carbocycles. The maximum atomic E-state index is 5.64. The lowest BCUT2D eigenvalue weighted by Crippen LogP contribution is -2.13. The third-order valence-electron chi connectivity index (χ3n) is 3.06. The van der Waals surface area contributed by atoms with Gasteiger partial charge in [0.25, 0.3) is 0 Å². The summed E-state index contributed by atoms with van der Waals surface area (Å²) in [6, 6.07) is 6.67.